The van der Waals surface area contributed by atoms with Crippen LogP contribution >= 0.6 is 0 Å². The van der Waals surface area contributed by atoms with Crippen LogP contribution in [0.1, 0.15) is 32.0 Å². The number of rotatable bonds is 7. The van der Waals surface area contributed by atoms with Gasteiger partial charge in [-0.3, -0.25) is 9.78 Å². The van der Waals surface area contributed by atoms with Gasteiger partial charge >= 0.3 is 6.09 Å². The maximum atomic E-state index is 12.4. The first-order chi connectivity index (χ1) is 13.2. The number of aromatic nitrogens is 1. The molecule has 3 N–H and O–H groups in total. The number of ether oxygens (including phenoxy) is 1. The summed E-state index contributed by atoms with van der Waals surface area (Å²) in [6.45, 7) is 5.42. The van der Waals surface area contributed by atoms with Gasteiger partial charge in [0.25, 0.3) is 5.91 Å². The predicted octanol–water partition coefficient (Wildman–Crippen LogP) is 2.19. The molecule has 0 bridgehead atoms. The van der Waals surface area contributed by atoms with Gasteiger partial charge in [-0.05, 0) is 44.9 Å². The first-order valence-corrected chi connectivity index (χ1v) is 9.14. The lowest BCUT2D eigenvalue weighted by atomic mass is 10.0. The number of hydrogen-bond acceptors (Lipinski definition) is 5. The summed E-state index contributed by atoms with van der Waals surface area (Å²) in [5, 5.41) is 15.8. The van der Waals surface area contributed by atoms with Crippen LogP contribution in [-0.2, 0) is 22.5 Å². The van der Waals surface area contributed by atoms with Crippen LogP contribution in [0.3, 0.4) is 0 Å². The third-order valence-corrected chi connectivity index (χ3v) is 3.82. The van der Waals surface area contributed by atoms with Gasteiger partial charge in [0.05, 0.1) is 18.3 Å². The molecule has 2 amide bonds. The summed E-state index contributed by atoms with van der Waals surface area (Å²) in [5.74, 6) is -0.595. The van der Waals surface area contributed by atoms with E-state index in [1.54, 1.807) is 39.1 Å². The molecule has 150 valence electrons. The summed E-state index contributed by atoms with van der Waals surface area (Å²) in [4.78, 5) is 28.7. The first-order valence-electron chi connectivity index (χ1n) is 9.14. The van der Waals surface area contributed by atoms with Crippen LogP contribution in [0.25, 0.3) is 0 Å². The molecule has 1 heterocycles. The number of aliphatic hydroxyl groups is 1. The fourth-order valence-electron chi connectivity index (χ4n) is 2.54. The second-order valence-corrected chi connectivity index (χ2v) is 7.43. The van der Waals surface area contributed by atoms with E-state index in [1.165, 1.54) is 0 Å². The number of carbonyl (C=O) groups excluding carboxylic acids is 2. The van der Waals surface area contributed by atoms with Gasteiger partial charge in [-0.25, -0.2) is 4.79 Å². The van der Waals surface area contributed by atoms with E-state index >= 15 is 0 Å². The lowest BCUT2D eigenvalue weighted by molar-refractivity contribution is -0.130. The van der Waals surface area contributed by atoms with E-state index in [9.17, 15) is 14.7 Å². The van der Waals surface area contributed by atoms with Crippen molar-refractivity contribution in [2.75, 3.05) is 0 Å². The summed E-state index contributed by atoms with van der Waals surface area (Å²) >= 11 is 0. The molecule has 0 aliphatic carbocycles. The quantitative estimate of drug-likeness (QED) is 0.678. The lowest BCUT2D eigenvalue weighted by Crippen LogP contribution is -2.52. The molecule has 2 atom stereocenters. The van der Waals surface area contributed by atoms with Gasteiger partial charge in [0.15, 0.2) is 6.10 Å². The summed E-state index contributed by atoms with van der Waals surface area (Å²) in [6, 6.07) is 13.8. The Bertz CT molecular complexity index is 760. The Morgan fingerprint density at radius 1 is 1.11 bits per heavy atom. The molecule has 0 spiro atoms. The Labute approximate surface area is 165 Å². The van der Waals surface area contributed by atoms with E-state index < -0.39 is 29.7 Å². The van der Waals surface area contributed by atoms with Crippen molar-refractivity contribution in [1.82, 2.24) is 15.6 Å². The number of carbonyl (C=O) groups is 2. The predicted molar refractivity (Wildman–Crippen MR) is 105 cm³/mol. The topological polar surface area (TPSA) is 101 Å². The van der Waals surface area contributed by atoms with Crippen LogP contribution in [-0.4, -0.2) is 39.8 Å². The first kappa shape index (κ1) is 21.4. The van der Waals surface area contributed by atoms with Crippen molar-refractivity contribution in [2.45, 2.75) is 51.5 Å². The molecule has 1 aromatic carbocycles. The second-order valence-electron chi connectivity index (χ2n) is 7.43. The molecular formula is C21H27N3O4. The summed E-state index contributed by atoms with van der Waals surface area (Å²) in [7, 11) is 0. The summed E-state index contributed by atoms with van der Waals surface area (Å²) < 4.78 is 5.26. The maximum absolute atomic E-state index is 12.4. The van der Waals surface area contributed by atoms with E-state index in [2.05, 4.69) is 15.6 Å². The third-order valence-electron chi connectivity index (χ3n) is 3.82. The van der Waals surface area contributed by atoms with E-state index in [0.29, 0.717) is 5.69 Å². The zero-order valence-electron chi connectivity index (χ0n) is 16.4. The fourth-order valence-corrected chi connectivity index (χ4v) is 2.54. The van der Waals surface area contributed by atoms with Crippen molar-refractivity contribution in [3.05, 3.63) is 66.0 Å². The lowest BCUT2D eigenvalue weighted by Gasteiger charge is -2.26. The van der Waals surface area contributed by atoms with Gasteiger partial charge < -0.3 is 20.5 Å². The molecule has 2 aromatic rings. The smallest absolute Gasteiger partial charge is 0.407 e. The van der Waals surface area contributed by atoms with E-state index in [4.69, 9.17) is 4.74 Å². The fraction of sp³-hybridized carbons (Fsp3) is 0.381. The van der Waals surface area contributed by atoms with Crippen molar-refractivity contribution in [2.24, 2.45) is 0 Å². The zero-order chi connectivity index (χ0) is 20.6. The molecule has 28 heavy (non-hydrogen) atoms. The number of hydrogen-bond donors (Lipinski definition) is 3. The van der Waals surface area contributed by atoms with E-state index in [0.717, 1.165) is 5.56 Å². The molecule has 0 aliphatic rings. The normalized spacial score (nSPS) is 13.3. The standard InChI is InChI=1S/C21H27N3O4/c1-21(2,3)28-20(27)24-17(13-15-9-5-4-6-10-15)18(25)19(26)23-14-16-11-7-8-12-22-16/h4-12,17-18,25H,13-14H2,1-3H3,(H,23,26)(H,24,27)/t17-,18+/m1/s1. The Morgan fingerprint density at radius 3 is 2.39 bits per heavy atom. The maximum Gasteiger partial charge on any atom is 0.407 e. The van der Waals surface area contributed by atoms with E-state index in [-0.39, 0.29) is 13.0 Å². The minimum absolute atomic E-state index is 0.182. The van der Waals surface area contributed by atoms with Crippen LogP contribution < -0.4 is 10.6 Å². The van der Waals surface area contributed by atoms with Crippen LogP contribution in [0.4, 0.5) is 4.79 Å². The van der Waals surface area contributed by atoms with Crippen molar-refractivity contribution in [3.8, 4) is 0 Å². The molecule has 1 aromatic heterocycles. The number of amides is 2. The second kappa shape index (κ2) is 9.85. The number of alkyl carbamates (subject to hydrolysis) is 1. The van der Waals surface area contributed by atoms with Crippen LogP contribution in [0, 0.1) is 0 Å². The van der Waals surface area contributed by atoms with Gasteiger partial charge in [0.2, 0.25) is 0 Å². The number of pyridine rings is 1. The summed E-state index contributed by atoms with van der Waals surface area (Å²) in [5.41, 5.74) is 0.857. The number of aliphatic hydroxyl groups excluding tert-OH is 1. The highest BCUT2D eigenvalue weighted by molar-refractivity contribution is 5.82. The van der Waals surface area contributed by atoms with Gasteiger partial charge in [-0.2, -0.15) is 0 Å². The molecule has 0 aliphatic heterocycles. The number of nitrogens with one attached hydrogen (secondary N) is 2. The zero-order valence-corrected chi connectivity index (χ0v) is 16.4. The molecule has 0 radical (unpaired) electrons. The largest absolute Gasteiger partial charge is 0.444 e. The van der Waals surface area contributed by atoms with Gasteiger partial charge in [-0.15, -0.1) is 0 Å². The van der Waals surface area contributed by atoms with Gasteiger partial charge in [0.1, 0.15) is 5.60 Å². The Balaban J connectivity index is 2.05. The van der Waals surface area contributed by atoms with Crippen molar-refractivity contribution >= 4 is 12.0 Å². The Kier molecular flexibility index (Phi) is 7.52. The van der Waals surface area contributed by atoms with Crippen LogP contribution in [0.2, 0.25) is 0 Å². The Hall–Kier alpha value is -2.93. The van der Waals surface area contributed by atoms with Crippen molar-refractivity contribution in [3.63, 3.8) is 0 Å². The minimum Gasteiger partial charge on any atom is -0.444 e. The molecule has 0 fully saturated rings. The number of nitrogens with zero attached hydrogens (tertiary/aromatic N) is 1. The summed E-state index contributed by atoms with van der Waals surface area (Å²) in [6.07, 6.45) is -0.236. The van der Waals surface area contributed by atoms with Crippen LogP contribution in [0.5, 0.6) is 0 Å². The highest BCUT2D eigenvalue weighted by Gasteiger charge is 2.29. The van der Waals surface area contributed by atoms with Crippen molar-refractivity contribution < 1.29 is 19.4 Å². The molecule has 0 unspecified atom stereocenters. The highest BCUT2D eigenvalue weighted by Crippen LogP contribution is 2.10. The van der Waals surface area contributed by atoms with Gasteiger partial charge in [0, 0.05) is 6.20 Å². The molecule has 7 nitrogen and oxygen atoms in total. The SMILES string of the molecule is CC(C)(C)OC(=O)N[C@H](Cc1ccccc1)[C@H](O)C(=O)NCc1ccccn1. The van der Waals surface area contributed by atoms with Gasteiger partial charge in [-0.1, -0.05) is 36.4 Å². The molecule has 0 saturated heterocycles. The number of benzene rings is 1. The minimum atomic E-state index is -1.45. The third kappa shape index (κ3) is 7.36. The van der Waals surface area contributed by atoms with Crippen LogP contribution in [0.15, 0.2) is 54.7 Å². The average Bonchev–Trinajstić information content (AvgIpc) is 2.65. The highest BCUT2D eigenvalue weighted by atomic mass is 16.6. The van der Waals surface area contributed by atoms with E-state index in [1.807, 2.05) is 36.4 Å². The average molecular weight is 385 g/mol. The molecule has 7 heteroatoms. The monoisotopic (exact) mass is 385 g/mol. The molecule has 2 rings (SSSR count). The molecular weight excluding hydrogens is 358 g/mol. The Morgan fingerprint density at radius 2 is 1.79 bits per heavy atom. The van der Waals surface area contributed by atoms with Crippen molar-refractivity contribution in [1.29, 1.82) is 0 Å². The molecule has 0 saturated carbocycles.